The van der Waals surface area contributed by atoms with E-state index in [1.807, 2.05) is 73.3 Å². The highest BCUT2D eigenvalue weighted by Crippen LogP contribution is 2.21. The Labute approximate surface area is 184 Å². The second-order valence-electron chi connectivity index (χ2n) is 8.33. The average Bonchev–Trinajstić information content (AvgIpc) is 3.03. The highest BCUT2D eigenvalue weighted by atomic mass is 16.2. The average molecular weight is 419 g/mol. The third-order valence-electron chi connectivity index (χ3n) is 5.45. The molecule has 1 heterocycles. The van der Waals surface area contributed by atoms with Crippen molar-refractivity contribution < 1.29 is 9.59 Å². The molecule has 0 aliphatic carbocycles. The molecule has 2 aromatic carbocycles. The van der Waals surface area contributed by atoms with Gasteiger partial charge in [-0.2, -0.15) is 5.26 Å². The lowest BCUT2D eigenvalue weighted by Gasteiger charge is -2.28. The molecule has 1 unspecified atom stereocenters. The summed E-state index contributed by atoms with van der Waals surface area (Å²) in [7, 11) is 0. The van der Waals surface area contributed by atoms with E-state index < -0.39 is 6.04 Å². The highest BCUT2D eigenvalue weighted by Gasteiger charge is 2.29. The molecule has 6 heteroatoms. The van der Waals surface area contributed by atoms with Crippen molar-refractivity contribution in [2.24, 2.45) is 5.92 Å². The van der Waals surface area contributed by atoms with Crippen LogP contribution in [-0.2, 0) is 9.59 Å². The first-order chi connectivity index (χ1) is 15.0. The van der Waals surface area contributed by atoms with Crippen molar-refractivity contribution in [3.63, 3.8) is 0 Å². The Morgan fingerprint density at radius 3 is 2.35 bits per heavy atom. The van der Waals surface area contributed by atoms with Crippen molar-refractivity contribution in [1.29, 1.82) is 5.26 Å². The Bertz CT molecular complexity index is 919. The zero-order valence-electron chi connectivity index (χ0n) is 18.3. The lowest BCUT2D eigenvalue weighted by atomic mass is 10.0. The summed E-state index contributed by atoms with van der Waals surface area (Å²) >= 11 is 0. The van der Waals surface area contributed by atoms with Gasteiger partial charge in [0.1, 0.15) is 6.04 Å². The zero-order valence-corrected chi connectivity index (χ0v) is 18.3. The number of hydrogen-bond donors (Lipinski definition) is 1. The topological polar surface area (TPSA) is 76.4 Å². The summed E-state index contributed by atoms with van der Waals surface area (Å²) in [6.45, 7) is 6.76. The zero-order chi connectivity index (χ0) is 22.2. The molecule has 1 aliphatic rings. The molecule has 1 aliphatic heterocycles. The molecule has 0 radical (unpaired) electrons. The van der Waals surface area contributed by atoms with Crippen molar-refractivity contribution in [3.8, 4) is 6.07 Å². The first-order valence-electron chi connectivity index (χ1n) is 10.9. The second kappa shape index (κ2) is 10.6. The fourth-order valence-electron chi connectivity index (χ4n) is 3.85. The van der Waals surface area contributed by atoms with Gasteiger partial charge in [-0.1, -0.05) is 44.2 Å². The number of anilines is 1. The minimum absolute atomic E-state index is 0.0648. The van der Waals surface area contributed by atoms with Crippen molar-refractivity contribution in [2.75, 3.05) is 31.1 Å². The van der Waals surface area contributed by atoms with Gasteiger partial charge in [0, 0.05) is 38.3 Å². The number of benzene rings is 2. The Hall–Kier alpha value is -3.33. The maximum atomic E-state index is 13.5. The van der Waals surface area contributed by atoms with Gasteiger partial charge in [0.2, 0.25) is 11.8 Å². The van der Waals surface area contributed by atoms with Gasteiger partial charge in [-0.05, 0) is 42.2 Å². The van der Waals surface area contributed by atoms with Crippen molar-refractivity contribution in [3.05, 3.63) is 65.7 Å². The first kappa shape index (κ1) is 22.4. The molecule has 1 saturated heterocycles. The van der Waals surface area contributed by atoms with Crippen LogP contribution in [0, 0.1) is 17.2 Å². The van der Waals surface area contributed by atoms with Crippen LogP contribution in [0.5, 0.6) is 0 Å². The number of carbonyl (C=O) groups is 2. The molecule has 162 valence electrons. The van der Waals surface area contributed by atoms with E-state index in [4.69, 9.17) is 5.26 Å². The van der Waals surface area contributed by atoms with Crippen LogP contribution in [-0.4, -0.2) is 42.9 Å². The van der Waals surface area contributed by atoms with Crippen LogP contribution < -0.4 is 10.2 Å². The van der Waals surface area contributed by atoms with Gasteiger partial charge in [0.05, 0.1) is 11.6 Å². The molecular formula is C25H30N4O2. The quantitative estimate of drug-likeness (QED) is 0.779. The molecule has 2 aromatic rings. The normalized spacial score (nSPS) is 15.2. The molecule has 0 bridgehead atoms. The maximum Gasteiger partial charge on any atom is 0.249 e. The minimum atomic E-state index is -0.672. The summed E-state index contributed by atoms with van der Waals surface area (Å²) < 4.78 is 0. The van der Waals surface area contributed by atoms with E-state index in [0.29, 0.717) is 31.6 Å². The molecule has 31 heavy (non-hydrogen) atoms. The van der Waals surface area contributed by atoms with Crippen LogP contribution in [0.15, 0.2) is 54.6 Å². The van der Waals surface area contributed by atoms with E-state index in [9.17, 15) is 9.59 Å². The number of hydrogen-bond acceptors (Lipinski definition) is 4. The largest absolute Gasteiger partial charge is 0.370 e. The highest BCUT2D eigenvalue weighted by molar-refractivity contribution is 5.88. The van der Waals surface area contributed by atoms with Gasteiger partial charge in [-0.25, -0.2) is 0 Å². The molecule has 3 rings (SSSR count). The van der Waals surface area contributed by atoms with Crippen LogP contribution in [0.25, 0.3) is 0 Å². The monoisotopic (exact) mass is 418 g/mol. The molecule has 6 nitrogen and oxygen atoms in total. The third-order valence-corrected chi connectivity index (χ3v) is 5.45. The smallest absolute Gasteiger partial charge is 0.249 e. The summed E-state index contributed by atoms with van der Waals surface area (Å²) in [5.41, 5.74) is 2.49. The summed E-state index contributed by atoms with van der Waals surface area (Å²) in [6, 6.07) is 18.5. The van der Waals surface area contributed by atoms with Crippen LogP contribution in [0.4, 0.5) is 5.69 Å². The van der Waals surface area contributed by atoms with Crippen molar-refractivity contribution >= 4 is 17.5 Å². The molecule has 1 atom stereocenters. The Kier molecular flexibility index (Phi) is 7.66. The molecule has 1 fully saturated rings. The van der Waals surface area contributed by atoms with Gasteiger partial charge >= 0.3 is 0 Å². The van der Waals surface area contributed by atoms with Crippen LogP contribution in [0.1, 0.15) is 43.9 Å². The number of amides is 2. The van der Waals surface area contributed by atoms with Crippen LogP contribution in [0.3, 0.4) is 0 Å². The second-order valence-corrected chi connectivity index (χ2v) is 8.33. The fourth-order valence-corrected chi connectivity index (χ4v) is 3.85. The summed E-state index contributed by atoms with van der Waals surface area (Å²) in [5, 5.41) is 12.0. The number of rotatable bonds is 6. The van der Waals surface area contributed by atoms with E-state index in [1.54, 1.807) is 0 Å². The van der Waals surface area contributed by atoms with Gasteiger partial charge in [-0.15, -0.1) is 0 Å². The number of carbonyl (C=O) groups excluding carboxylic acids is 2. The van der Waals surface area contributed by atoms with E-state index in [2.05, 4.69) is 16.3 Å². The summed E-state index contributed by atoms with van der Waals surface area (Å²) in [4.78, 5) is 30.0. The van der Waals surface area contributed by atoms with E-state index in [-0.39, 0.29) is 17.7 Å². The number of nitriles is 1. The predicted octanol–water partition coefficient (Wildman–Crippen LogP) is 3.50. The minimum Gasteiger partial charge on any atom is -0.370 e. The molecule has 2 amide bonds. The van der Waals surface area contributed by atoms with Crippen molar-refractivity contribution in [2.45, 2.75) is 32.7 Å². The standard InChI is InChI=1S/C25H30N4O2/c1-19(2)17-23(30)27-24(21-7-4-3-5-8-21)25(31)29-14-6-13-28(15-16-29)22-11-9-20(18-26)10-12-22/h3-5,7-12,19,24H,6,13-17H2,1-2H3,(H,27,30). The Morgan fingerprint density at radius 1 is 1.00 bits per heavy atom. The van der Waals surface area contributed by atoms with Gasteiger partial charge in [0.25, 0.3) is 0 Å². The lowest BCUT2D eigenvalue weighted by Crippen LogP contribution is -2.44. The van der Waals surface area contributed by atoms with Gasteiger partial charge < -0.3 is 15.1 Å². The van der Waals surface area contributed by atoms with Crippen molar-refractivity contribution in [1.82, 2.24) is 10.2 Å². The molecule has 0 saturated carbocycles. The van der Waals surface area contributed by atoms with E-state index in [0.717, 1.165) is 24.2 Å². The van der Waals surface area contributed by atoms with Gasteiger partial charge in [-0.3, -0.25) is 9.59 Å². The van der Waals surface area contributed by atoms with E-state index in [1.165, 1.54) is 0 Å². The first-order valence-corrected chi connectivity index (χ1v) is 10.9. The summed E-state index contributed by atoms with van der Waals surface area (Å²) in [6.07, 6.45) is 1.23. The number of nitrogens with one attached hydrogen (secondary N) is 1. The Balaban J connectivity index is 1.71. The van der Waals surface area contributed by atoms with Crippen LogP contribution in [0.2, 0.25) is 0 Å². The number of nitrogens with zero attached hydrogens (tertiary/aromatic N) is 3. The summed E-state index contributed by atoms with van der Waals surface area (Å²) in [5.74, 6) is 0.0573. The maximum absolute atomic E-state index is 13.5. The fraction of sp³-hybridized carbons (Fsp3) is 0.400. The molecule has 0 aromatic heterocycles. The molecular weight excluding hydrogens is 388 g/mol. The molecule has 1 N–H and O–H groups in total. The van der Waals surface area contributed by atoms with Gasteiger partial charge in [0.15, 0.2) is 0 Å². The molecule has 0 spiro atoms. The lowest BCUT2D eigenvalue weighted by molar-refractivity contribution is -0.136. The SMILES string of the molecule is CC(C)CC(=O)NC(C(=O)N1CCCN(c2ccc(C#N)cc2)CC1)c1ccccc1. The Morgan fingerprint density at radius 2 is 1.71 bits per heavy atom. The van der Waals surface area contributed by atoms with E-state index >= 15 is 0 Å². The third kappa shape index (κ3) is 6.08. The predicted molar refractivity (Wildman–Crippen MR) is 121 cm³/mol. The van der Waals surface area contributed by atoms with Crippen LogP contribution >= 0.6 is 0 Å².